The first-order chi connectivity index (χ1) is 7.66. The highest BCUT2D eigenvalue weighted by molar-refractivity contribution is 6.32. The van der Waals surface area contributed by atoms with Gasteiger partial charge in [0.25, 0.3) is 0 Å². The Labute approximate surface area is 105 Å². The fourth-order valence-electron chi connectivity index (χ4n) is 1.83. The predicted molar refractivity (Wildman–Crippen MR) is 64.9 cm³/mol. The summed E-state index contributed by atoms with van der Waals surface area (Å²) in [6.45, 7) is 2.42. The van der Waals surface area contributed by atoms with Gasteiger partial charge in [-0.05, 0) is 19.5 Å². The summed E-state index contributed by atoms with van der Waals surface area (Å²) in [6, 6.07) is 4.16. The number of aromatic nitrogens is 1. The van der Waals surface area contributed by atoms with Crippen molar-refractivity contribution in [3.05, 3.63) is 28.0 Å². The van der Waals surface area contributed by atoms with E-state index < -0.39 is 0 Å². The number of likely N-dealkylation sites (N-methyl/N-ethyl adjacent to an activating group) is 1. The van der Waals surface area contributed by atoms with Gasteiger partial charge in [-0.3, -0.25) is 4.90 Å². The summed E-state index contributed by atoms with van der Waals surface area (Å²) in [5, 5.41) is 0.916. The molecular formula is C11H14Cl2N2O. The van der Waals surface area contributed by atoms with Gasteiger partial charge in [-0.1, -0.05) is 29.3 Å². The van der Waals surface area contributed by atoms with Crippen LogP contribution in [0.4, 0.5) is 0 Å². The minimum absolute atomic E-state index is 0.431. The third kappa shape index (κ3) is 2.86. The molecule has 2 rings (SSSR count). The van der Waals surface area contributed by atoms with Crippen molar-refractivity contribution in [2.24, 2.45) is 0 Å². The van der Waals surface area contributed by atoms with Crippen LogP contribution in [0.25, 0.3) is 0 Å². The summed E-state index contributed by atoms with van der Waals surface area (Å²) in [5.41, 5.74) is 1.00. The largest absolute Gasteiger partial charge is 0.380 e. The van der Waals surface area contributed by atoms with Gasteiger partial charge in [-0.25, -0.2) is 4.98 Å². The van der Waals surface area contributed by atoms with Gasteiger partial charge < -0.3 is 4.74 Å². The maximum atomic E-state index is 6.03. The molecule has 0 saturated carbocycles. The van der Waals surface area contributed by atoms with Crippen LogP contribution in [0.3, 0.4) is 0 Å². The average Bonchev–Trinajstić information content (AvgIpc) is 2.75. The SMILES string of the molecule is CN(Cc1ccc(Cl)nc1Cl)C1CCOC1. The van der Waals surface area contributed by atoms with Crippen molar-refractivity contribution >= 4 is 23.2 Å². The van der Waals surface area contributed by atoms with Crippen LogP contribution in [-0.4, -0.2) is 36.2 Å². The van der Waals surface area contributed by atoms with Crippen molar-refractivity contribution in [1.29, 1.82) is 0 Å². The number of hydrogen-bond acceptors (Lipinski definition) is 3. The second-order valence-electron chi connectivity index (χ2n) is 4.02. The number of halogens is 2. The molecule has 0 radical (unpaired) electrons. The lowest BCUT2D eigenvalue weighted by Gasteiger charge is -2.23. The zero-order valence-electron chi connectivity index (χ0n) is 9.12. The first-order valence-corrected chi connectivity index (χ1v) is 6.01. The summed E-state index contributed by atoms with van der Waals surface area (Å²) in [7, 11) is 2.07. The van der Waals surface area contributed by atoms with E-state index in [-0.39, 0.29) is 0 Å². The van der Waals surface area contributed by atoms with Gasteiger partial charge in [0.05, 0.1) is 6.61 Å². The molecule has 1 unspecified atom stereocenters. The summed E-state index contributed by atoms with van der Waals surface area (Å²) >= 11 is 11.8. The van der Waals surface area contributed by atoms with E-state index in [1.807, 2.05) is 6.07 Å². The molecule has 1 aromatic heterocycles. The van der Waals surface area contributed by atoms with Crippen molar-refractivity contribution in [3.8, 4) is 0 Å². The Kier molecular flexibility index (Phi) is 4.03. The van der Waals surface area contributed by atoms with Crippen LogP contribution in [-0.2, 0) is 11.3 Å². The fraction of sp³-hybridized carbons (Fsp3) is 0.545. The maximum Gasteiger partial charge on any atom is 0.135 e. The minimum Gasteiger partial charge on any atom is -0.380 e. The van der Waals surface area contributed by atoms with Gasteiger partial charge >= 0.3 is 0 Å². The topological polar surface area (TPSA) is 25.4 Å². The summed E-state index contributed by atoms with van der Waals surface area (Å²) in [5.74, 6) is 0. The molecule has 0 bridgehead atoms. The quantitative estimate of drug-likeness (QED) is 0.782. The zero-order chi connectivity index (χ0) is 11.5. The van der Waals surface area contributed by atoms with Crippen molar-refractivity contribution in [1.82, 2.24) is 9.88 Å². The third-order valence-electron chi connectivity index (χ3n) is 2.84. The van der Waals surface area contributed by atoms with E-state index in [1.54, 1.807) is 6.07 Å². The lowest BCUT2D eigenvalue weighted by atomic mass is 10.2. The monoisotopic (exact) mass is 260 g/mol. The molecule has 2 heterocycles. The first kappa shape index (κ1) is 12.1. The molecule has 1 aliphatic rings. The van der Waals surface area contributed by atoms with E-state index in [0.29, 0.717) is 16.3 Å². The molecule has 16 heavy (non-hydrogen) atoms. The van der Waals surface area contributed by atoms with E-state index >= 15 is 0 Å². The third-order valence-corrected chi connectivity index (χ3v) is 3.38. The molecule has 3 nitrogen and oxygen atoms in total. The lowest BCUT2D eigenvalue weighted by molar-refractivity contribution is 0.156. The number of pyridine rings is 1. The van der Waals surface area contributed by atoms with E-state index in [9.17, 15) is 0 Å². The predicted octanol–water partition coefficient (Wildman–Crippen LogP) is 2.61. The Morgan fingerprint density at radius 1 is 1.50 bits per heavy atom. The van der Waals surface area contributed by atoms with Gasteiger partial charge in [0.2, 0.25) is 0 Å². The summed E-state index contributed by atoms with van der Waals surface area (Å²) in [6.07, 6.45) is 1.08. The highest BCUT2D eigenvalue weighted by atomic mass is 35.5. The number of hydrogen-bond donors (Lipinski definition) is 0. The van der Waals surface area contributed by atoms with Crippen molar-refractivity contribution in [3.63, 3.8) is 0 Å². The van der Waals surface area contributed by atoms with E-state index in [4.69, 9.17) is 27.9 Å². The van der Waals surface area contributed by atoms with Gasteiger partial charge in [0.1, 0.15) is 10.3 Å². The van der Waals surface area contributed by atoms with Gasteiger partial charge in [-0.2, -0.15) is 0 Å². The Morgan fingerprint density at radius 2 is 2.31 bits per heavy atom. The van der Waals surface area contributed by atoms with Crippen LogP contribution in [0.2, 0.25) is 10.3 Å². The second-order valence-corrected chi connectivity index (χ2v) is 4.76. The van der Waals surface area contributed by atoms with Crippen LogP contribution >= 0.6 is 23.2 Å². The van der Waals surface area contributed by atoms with Crippen molar-refractivity contribution in [2.45, 2.75) is 19.0 Å². The van der Waals surface area contributed by atoms with Crippen molar-refractivity contribution in [2.75, 3.05) is 20.3 Å². The number of ether oxygens (including phenoxy) is 1. The summed E-state index contributed by atoms with van der Waals surface area (Å²) in [4.78, 5) is 6.27. The molecule has 1 saturated heterocycles. The first-order valence-electron chi connectivity index (χ1n) is 5.25. The van der Waals surface area contributed by atoms with Crippen LogP contribution < -0.4 is 0 Å². The molecule has 0 amide bonds. The highest BCUT2D eigenvalue weighted by Gasteiger charge is 2.20. The Balaban J connectivity index is 2.02. The standard InChI is InChI=1S/C11H14Cl2N2O/c1-15(9-4-5-16-7-9)6-8-2-3-10(12)14-11(8)13/h2-3,9H,4-7H2,1H3. The Hall–Kier alpha value is -0.350. The normalized spacial score (nSPS) is 20.6. The Morgan fingerprint density at radius 3 is 2.94 bits per heavy atom. The molecule has 1 fully saturated rings. The van der Waals surface area contributed by atoms with Gasteiger partial charge in [0.15, 0.2) is 0 Å². The van der Waals surface area contributed by atoms with E-state index in [2.05, 4.69) is 16.9 Å². The number of nitrogens with zero attached hydrogens (tertiary/aromatic N) is 2. The van der Waals surface area contributed by atoms with Gasteiger partial charge in [0, 0.05) is 24.8 Å². The lowest BCUT2D eigenvalue weighted by Crippen LogP contribution is -2.31. The molecule has 88 valence electrons. The molecule has 0 N–H and O–H groups in total. The molecule has 5 heteroatoms. The van der Waals surface area contributed by atoms with Crippen molar-refractivity contribution < 1.29 is 4.74 Å². The maximum absolute atomic E-state index is 6.03. The smallest absolute Gasteiger partial charge is 0.135 e. The molecule has 0 spiro atoms. The van der Waals surface area contributed by atoms with Crippen LogP contribution in [0.15, 0.2) is 12.1 Å². The molecular weight excluding hydrogens is 247 g/mol. The fourth-order valence-corrected chi connectivity index (χ4v) is 2.23. The Bertz CT molecular complexity index is 367. The molecule has 0 aliphatic carbocycles. The zero-order valence-corrected chi connectivity index (χ0v) is 10.6. The summed E-state index contributed by atoms with van der Waals surface area (Å²) < 4.78 is 5.35. The second kappa shape index (κ2) is 5.32. The van der Waals surface area contributed by atoms with E-state index in [0.717, 1.165) is 31.7 Å². The highest BCUT2D eigenvalue weighted by Crippen LogP contribution is 2.20. The van der Waals surface area contributed by atoms with Crippen LogP contribution in [0, 0.1) is 0 Å². The number of rotatable bonds is 3. The minimum atomic E-state index is 0.431. The van der Waals surface area contributed by atoms with E-state index in [1.165, 1.54) is 0 Å². The van der Waals surface area contributed by atoms with Crippen LogP contribution in [0.1, 0.15) is 12.0 Å². The molecule has 1 aliphatic heterocycles. The van der Waals surface area contributed by atoms with Gasteiger partial charge in [-0.15, -0.1) is 0 Å². The average molecular weight is 261 g/mol. The molecule has 1 atom stereocenters. The molecule has 0 aromatic carbocycles. The molecule has 1 aromatic rings. The van der Waals surface area contributed by atoms with Crippen LogP contribution in [0.5, 0.6) is 0 Å².